The van der Waals surface area contributed by atoms with Crippen LogP contribution in [0.3, 0.4) is 0 Å². The van der Waals surface area contributed by atoms with Gasteiger partial charge < -0.3 is 14.1 Å². The maximum absolute atomic E-state index is 12.0. The Kier molecular flexibility index (Phi) is 5.24. The van der Waals surface area contributed by atoms with Crippen LogP contribution in [0.5, 0.6) is 0 Å². The first-order chi connectivity index (χ1) is 10.5. The number of nitrogens with zero attached hydrogens (tertiary/aromatic N) is 1. The number of carbonyl (C=O) groups excluding carboxylic acids is 1. The SMILES string of the molecule is CCOC(=O)c1cc2cc(Br)c(N(CC)CC)cc2oc1=O. The third-order valence-electron chi connectivity index (χ3n) is 3.40. The minimum Gasteiger partial charge on any atom is -0.462 e. The van der Waals surface area contributed by atoms with E-state index in [9.17, 15) is 9.59 Å². The Balaban J connectivity index is 2.59. The number of anilines is 1. The van der Waals surface area contributed by atoms with E-state index in [4.69, 9.17) is 9.15 Å². The number of hydrogen-bond donors (Lipinski definition) is 0. The lowest BCUT2D eigenvalue weighted by Crippen LogP contribution is -2.22. The molecule has 0 N–H and O–H groups in total. The van der Waals surface area contributed by atoms with Crippen LogP contribution in [0.1, 0.15) is 31.1 Å². The molecule has 0 bridgehead atoms. The number of carbonyl (C=O) groups is 1. The lowest BCUT2D eigenvalue weighted by Gasteiger charge is -2.22. The largest absolute Gasteiger partial charge is 0.462 e. The van der Waals surface area contributed by atoms with Gasteiger partial charge in [-0.05, 0) is 48.8 Å². The summed E-state index contributed by atoms with van der Waals surface area (Å²) in [6.45, 7) is 7.69. The zero-order valence-electron chi connectivity index (χ0n) is 12.8. The van der Waals surface area contributed by atoms with E-state index in [-0.39, 0.29) is 12.2 Å². The third-order valence-corrected chi connectivity index (χ3v) is 4.04. The molecule has 5 nitrogen and oxygen atoms in total. The van der Waals surface area contributed by atoms with Gasteiger partial charge in [0.25, 0.3) is 0 Å². The molecule has 1 heterocycles. The highest BCUT2D eigenvalue weighted by atomic mass is 79.9. The van der Waals surface area contributed by atoms with E-state index in [0.29, 0.717) is 11.0 Å². The van der Waals surface area contributed by atoms with E-state index in [1.807, 2.05) is 12.1 Å². The quantitative estimate of drug-likeness (QED) is 0.597. The van der Waals surface area contributed by atoms with Crippen molar-refractivity contribution < 1.29 is 13.9 Å². The van der Waals surface area contributed by atoms with E-state index in [1.165, 1.54) is 6.07 Å². The van der Waals surface area contributed by atoms with Gasteiger partial charge in [0.1, 0.15) is 11.1 Å². The van der Waals surface area contributed by atoms with Gasteiger partial charge >= 0.3 is 11.6 Å². The number of rotatable bonds is 5. The minimum atomic E-state index is -0.682. The maximum atomic E-state index is 12.0. The van der Waals surface area contributed by atoms with Gasteiger partial charge in [-0.3, -0.25) is 0 Å². The summed E-state index contributed by atoms with van der Waals surface area (Å²) in [4.78, 5) is 25.9. The number of halogens is 1. The number of esters is 1. The molecule has 2 aromatic rings. The summed E-state index contributed by atoms with van der Waals surface area (Å²) in [6, 6.07) is 5.16. The average molecular weight is 368 g/mol. The van der Waals surface area contributed by atoms with E-state index in [0.717, 1.165) is 23.2 Å². The van der Waals surface area contributed by atoms with Gasteiger partial charge in [0.15, 0.2) is 0 Å². The summed E-state index contributed by atoms with van der Waals surface area (Å²) >= 11 is 3.53. The van der Waals surface area contributed by atoms with Crippen molar-refractivity contribution >= 4 is 38.6 Å². The average Bonchev–Trinajstić information content (AvgIpc) is 2.49. The van der Waals surface area contributed by atoms with E-state index < -0.39 is 11.6 Å². The number of fused-ring (bicyclic) bond motifs is 1. The molecule has 0 saturated heterocycles. The second kappa shape index (κ2) is 6.96. The predicted molar refractivity (Wildman–Crippen MR) is 89.7 cm³/mol. The van der Waals surface area contributed by atoms with Gasteiger partial charge in [0, 0.05) is 29.0 Å². The van der Waals surface area contributed by atoms with Crippen molar-refractivity contribution in [3.63, 3.8) is 0 Å². The van der Waals surface area contributed by atoms with Crippen LogP contribution in [-0.4, -0.2) is 25.7 Å². The van der Waals surface area contributed by atoms with Gasteiger partial charge in [-0.25, -0.2) is 9.59 Å². The Hall–Kier alpha value is -1.82. The van der Waals surface area contributed by atoms with Crippen molar-refractivity contribution in [2.75, 3.05) is 24.6 Å². The van der Waals surface area contributed by atoms with Crippen LogP contribution in [0.4, 0.5) is 5.69 Å². The van der Waals surface area contributed by atoms with Crippen molar-refractivity contribution in [2.24, 2.45) is 0 Å². The number of ether oxygens (including phenoxy) is 1. The van der Waals surface area contributed by atoms with Crippen LogP contribution in [-0.2, 0) is 4.74 Å². The summed E-state index contributed by atoms with van der Waals surface area (Å²) in [5.74, 6) is -0.665. The fraction of sp³-hybridized carbons (Fsp3) is 0.375. The van der Waals surface area contributed by atoms with E-state index in [2.05, 4.69) is 34.7 Å². The molecule has 6 heteroatoms. The summed E-state index contributed by atoms with van der Waals surface area (Å²) in [6.07, 6.45) is 0. The molecule has 22 heavy (non-hydrogen) atoms. The molecule has 0 saturated carbocycles. The van der Waals surface area contributed by atoms with Gasteiger partial charge in [-0.1, -0.05) is 0 Å². The van der Waals surface area contributed by atoms with Gasteiger partial charge in [-0.15, -0.1) is 0 Å². The Bertz CT molecular complexity index is 750. The van der Waals surface area contributed by atoms with Crippen molar-refractivity contribution in [3.05, 3.63) is 38.7 Å². The molecule has 0 aliphatic rings. The molecule has 0 atom stereocenters. The molecule has 0 amide bonds. The van der Waals surface area contributed by atoms with Crippen LogP contribution < -0.4 is 10.5 Å². The predicted octanol–water partition coefficient (Wildman–Crippen LogP) is 3.58. The fourth-order valence-electron chi connectivity index (χ4n) is 2.29. The van der Waals surface area contributed by atoms with E-state index in [1.54, 1.807) is 6.92 Å². The highest BCUT2D eigenvalue weighted by Crippen LogP contribution is 2.31. The van der Waals surface area contributed by atoms with Crippen LogP contribution in [0, 0.1) is 0 Å². The minimum absolute atomic E-state index is 0.0863. The van der Waals surface area contributed by atoms with Gasteiger partial charge in [0.05, 0.1) is 12.3 Å². The number of hydrogen-bond acceptors (Lipinski definition) is 5. The molecule has 0 aliphatic carbocycles. The standard InChI is InChI=1S/C16H18BrNO4/c1-4-18(5-2)13-9-14-10(8-12(13)17)7-11(16(20)22-14)15(19)21-6-3/h7-9H,4-6H2,1-3H3. The third kappa shape index (κ3) is 3.16. The summed E-state index contributed by atoms with van der Waals surface area (Å²) < 4.78 is 11.0. The molecular weight excluding hydrogens is 350 g/mol. The van der Waals surface area contributed by atoms with Crippen LogP contribution in [0.2, 0.25) is 0 Å². The van der Waals surface area contributed by atoms with Crippen molar-refractivity contribution in [1.82, 2.24) is 0 Å². The van der Waals surface area contributed by atoms with Crippen LogP contribution in [0.25, 0.3) is 11.0 Å². The van der Waals surface area contributed by atoms with Gasteiger partial charge in [0.2, 0.25) is 0 Å². The smallest absolute Gasteiger partial charge is 0.351 e. The van der Waals surface area contributed by atoms with Crippen molar-refractivity contribution in [1.29, 1.82) is 0 Å². The molecule has 1 aromatic heterocycles. The Labute approximate surface area is 137 Å². The second-order valence-corrected chi connectivity index (χ2v) is 5.54. The fourth-order valence-corrected chi connectivity index (χ4v) is 2.90. The topological polar surface area (TPSA) is 59.8 Å². The molecule has 0 aliphatic heterocycles. The van der Waals surface area contributed by atoms with E-state index >= 15 is 0 Å². The Morgan fingerprint density at radius 1 is 1.23 bits per heavy atom. The van der Waals surface area contributed by atoms with Crippen molar-refractivity contribution in [2.45, 2.75) is 20.8 Å². The van der Waals surface area contributed by atoms with Crippen molar-refractivity contribution in [3.8, 4) is 0 Å². The van der Waals surface area contributed by atoms with Crippen LogP contribution >= 0.6 is 15.9 Å². The highest BCUT2D eigenvalue weighted by Gasteiger charge is 2.16. The Morgan fingerprint density at radius 2 is 1.91 bits per heavy atom. The maximum Gasteiger partial charge on any atom is 0.351 e. The van der Waals surface area contributed by atoms with Gasteiger partial charge in [-0.2, -0.15) is 0 Å². The first-order valence-corrected chi connectivity index (χ1v) is 8.00. The molecule has 0 unspecified atom stereocenters. The zero-order valence-corrected chi connectivity index (χ0v) is 14.4. The first kappa shape index (κ1) is 16.5. The monoisotopic (exact) mass is 367 g/mol. The summed E-state index contributed by atoms with van der Waals surface area (Å²) in [7, 11) is 0. The number of benzene rings is 1. The molecule has 1 aromatic carbocycles. The van der Waals surface area contributed by atoms with Crippen LogP contribution in [0.15, 0.2) is 31.9 Å². The molecule has 0 radical (unpaired) electrons. The lowest BCUT2D eigenvalue weighted by molar-refractivity contribution is 0.0522. The molecule has 2 rings (SSSR count). The summed E-state index contributed by atoms with van der Waals surface area (Å²) in [5, 5.41) is 0.672. The molecule has 0 spiro atoms. The second-order valence-electron chi connectivity index (χ2n) is 4.68. The molecule has 118 valence electrons. The normalized spacial score (nSPS) is 10.7. The zero-order chi connectivity index (χ0) is 16.3. The molecule has 0 fully saturated rings. The Morgan fingerprint density at radius 3 is 2.50 bits per heavy atom. The first-order valence-electron chi connectivity index (χ1n) is 7.21. The summed E-state index contributed by atoms with van der Waals surface area (Å²) in [5.41, 5.74) is 0.628. The molecular formula is C16H18BrNO4. The lowest BCUT2D eigenvalue weighted by atomic mass is 10.1. The highest BCUT2D eigenvalue weighted by molar-refractivity contribution is 9.10.